The van der Waals surface area contributed by atoms with Gasteiger partial charge in [-0.05, 0) is 51.0 Å². The Hall–Kier alpha value is -2.51. The molecule has 0 aromatic heterocycles. The largest absolute Gasteiger partial charge is 0.466 e. The lowest BCUT2D eigenvalue weighted by molar-refractivity contribution is -0.157. The van der Waals surface area contributed by atoms with E-state index in [9.17, 15) is 36.0 Å². The van der Waals surface area contributed by atoms with E-state index in [1.54, 1.807) is 13.8 Å². The number of ether oxygens (including phenoxy) is 2. The van der Waals surface area contributed by atoms with Crippen molar-refractivity contribution in [2.45, 2.75) is 62.7 Å². The van der Waals surface area contributed by atoms with Gasteiger partial charge in [0.15, 0.2) is 0 Å². The first-order chi connectivity index (χ1) is 16.3. The standard InChI is InChI=1S/C15H23NO5.C7H5F3O3S/c1-3-20-14(18)9-16-11-5-10(15(19)21-4-2)6-12(16)8-13(17)7-11;8-7(9,10)5-1-3-6(4-2-5)14(11,12)13/h10-12H,3-9H2,1-2H3;1-4H,(H,11,12,13). The average Bonchev–Trinajstić information content (AvgIpc) is 2.74. The van der Waals surface area contributed by atoms with Crippen molar-refractivity contribution in [1.29, 1.82) is 0 Å². The number of halogens is 3. The second kappa shape index (κ2) is 12.0. The molecule has 13 heteroatoms. The molecule has 9 nitrogen and oxygen atoms in total. The number of carbonyl (C=O) groups excluding carboxylic acids is 3. The minimum atomic E-state index is -4.52. The molecule has 196 valence electrons. The summed E-state index contributed by atoms with van der Waals surface area (Å²) in [5.74, 6) is -0.395. The molecule has 0 radical (unpaired) electrons. The Kier molecular flexibility index (Phi) is 9.81. The molecule has 2 aliphatic rings. The fraction of sp³-hybridized carbons (Fsp3) is 0.591. The number of Topliss-reactive ketones (excluding diaryl/α,β-unsaturated/α-hetero) is 1. The number of hydrogen-bond donors (Lipinski definition) is 1. The van der Waals surface area contributed by atoms with Crippen molar-refractivity contribution in [3.63, 3.8) is 0 Å². The molecule has 2 heterocycles. The van der Waals surface area contributed by atoms with Gasteiger partial charge in [-0.1, -0.05) is 0 Å². The van der Waals surface area contributed by atoms with Crippen molar-refractivity contribution in [3.8, 4) is 0 Å². The number of nitrogens with zero attached hydrogens (tertiary/aromatic N) is 1. The van der Waals surface area contributed by atoms with Crippen molar-refractivity contribution >= 4 is 27.8 Å². The van der Waals surface area contributed by atoms with E-state index in [1.807, 2.05) is 4.90 Å². The molecule has 2 atom stereocenters. The third-order valence-electron chi connectivity index (χ3n) is 5.69. The fourth-order valence-electron chi connectivity index (χ4n) is 4.21. The van der Waals surface area contributed by atoms with Crippen LogP contribution in [-0.4, -0.2) is 67.4 Å². The Morgan fingerprint density at radius 3 is 1.97 bits per heavy atom. The van der Waals surface area contributed by atoms with E-state index >= 15 is 0 Å². The maximum atomic E-state index is 12.0. The number of esters is 2. The van der Waals surface area contributed by atoms with Gasteiger partial charge in [0.1, 0.15) is 5.78 Å². The predicted molar refractivity (Wildman–Crippen MR) is 116 cm³/mol. The molecule has 1 N–H and O–H groups in total. The monoisotopic (exact) mass is 523 g/mol. The van der Waals surface area contributed by atoms with E-state index in [0.717, 1.165) is 0 Å². The van der Waals surface area contributed by atoms with Crippen molar-refractivity contribution in [1.82, 2.24) is 4.90 Å². The summed E-state index contributed by atoms with van der Waals surface area (Å²) in [5, 5.41) is 0. The number of fused-ring (bicyclic) bond motifs is 2. The lowest BCUT2D eigenvalue weighted by Gasteiger charge is -2.46. The van der Waals surface area contributed by atoms with E-state index in [1.165, 1.54) is 0 Å². The van der Waals surface area contributed by atoms with Crippen LogP contribution < -0.4 is 0 Å². The van der Waals surface area contributed by atoms with Crippen LogP contribution in [0.1, 0.15) is 45.1 Å². The Balaban J connectivity index is 0.000000269. The second-order valence-electron chi connectivity index (χ2n) is 8.15. The van der Waals surface area contributed by atoms with Crippen LogP contribution in [0.25, 0.3) is 0 Å². The SMILES string of the molecule is CCOC(=O)CN1C2CC(=O)CC1CC(C(=O)OCC)C2.O=S(=O)(O)c1ccc(C(F)(F)F)cc1. The van der Waals surface area contributed by atoms with Crippen molar-refractivity contribution in [3.05, 3.63) is 29.8 Å². The van der Waals surface area contributed by atoms with Gasteiger partial charge in [0.25, 0.3) is 10.1 Å². The lowest BCUT2D eigenvalue weighted by Crippen LogP contribution is -2.57. The molecular weight excluding hydrogens is 495 g/mol. The first-order valence-corrected chi connectivity index (χ1v) is 12.4. The van der Waals surface area contributed by atoms with Gasteiger partial charge in [-0.25, -0.2) is 0 Å². The van der Waals surface area contributed by atoms with Crippen molar-refractivity contribution in [2.75, 3.05) is 19.8 Å². The van der Waals surface area contributed by atoms with E-state index in [0.29, 0.717) is 63.2 Å². The van der Waals surface area contributed by atoms with Crippen LogP contribution >= 0.6 is 0 Å². The highest BCUT2D eigenvalue weighted by Crippen LogP contribution is 2.36. The van der Waals surface area contributed by atoms with Crippen LogP contribution in [0.2, 0.25) is 0 Å². The molecule has 0 spiro atoms. The summed E-state index contributed by atoms with van der Waals surface area (Å²) in [4.78, 5) is 36.9. The number of ketones is 1. The molecule has 0 amide bonds. The van der Waals surface area contributed by atoms with Crippen LogP contribution in [-0.2, 0) is 40.2 Å². The second-order valence-corrected chi connectivity index (χ2v) is 9.57. The number of alkyl halides is 3. The normalized spacial score (nSPS) is 22.6. The molecule has 35 heavy (non-hydrogen) atoms. The van der Waals surface area contributed by atoms with Crippen LogP contribution in [0, 0.1) is 5.92 Å². The first-order valence-electron chi connectivity index (χ1n) is 11.0. The van der Waals surface area contributed by atoms with Crippen LogP contribution in [0.3, 0.4) is 0 Å². The smallest absolute Gasteiger partial charge is 0.416 e. The fourth-order valence-corrected chi connectivity index (χ4v) is 4.69. The highest BCUT2D eigenvalue weighted by molar-refractivity contribution is 7.85. The molecule has 2 saturated heterocycles. The summed E-state index contributed by atoms with van der Waals surface area (Å²) in [6.45, 7) is 4.49. The Labute approximate surface area is 201 Å². The maximum Gasteiger partial charge on any atom is 0.416 e. The summed E-state index contributed by atoms with van der Waals surface area (Å²) < 4.78 is 75.5. The molecular formula is C22H28F3NO8S. The number of benzene rings is 1. The zero-order valence-electron chi connectivity index (χ0n) is 19.3. The first kappa shape index (κ1) is 28.7. The number of carbonyl (C=O) groups is 3. The molecule has 2 unspecified atom stereocenters. The molecule has 3 rings (SSSR count). The summed E-state index contributed by atoms with van der Waals surface area (Å²) in [7, 11) is -4.43. The molecule has 2 aliphatic heterocycles. The number of piperidine rings is 2. The molecule has 2 bridgehead atoms. The van der Waals surface area contributed by atoms with Gasteiger partial charge in [-0.3, -0.25) is 23.8 Å². The summed E-state index contributed by atoms with van der Waals surface area (Å²) in [6.07, 6.45) is -2.53. The lowest BCUT2D eigenvalue weighted by atomic mass is 9.78. The van der Waals surface area contributed by atoms with Gasteiger partial charge in [0, 0.05) is 24.9 Å². The van der Waals surface area contributed by atoms with E-state index in [2.05, 4.69) is 0 Å². The predicted octanol–water partition coefficient (Wildman–Crippen LogP) is 2.88. The van der Waals surface area contributed by atoms with Gasteiger partial charge < -0.3 is 9.47 Å². The zero-order chi connectivity index (χ0) is 26.4. The average molecular weight is 524 g/mol. The van der Waals surface area contributed by atoms with Crippen LogP contribution in [0.15, 0.2) is 29.2 Å². The van der Waals surface area contributed by atoms with Gasteiger partial charge in [0.05, 0.1) is 36.1 Å². The van der Waals surface area contributed by atoms with Gasteiger partial charge >= 0.3 is 18.1 Å². The third-order valence-corrected chi connectivity index (χ3v) is 6.56. The molecule has 1 aromatic rings. The zero-order valence-corrected chi connectivity index (χ0v) is 20.1. The Morgan fingerprint density at radius 2 is 1.54 bits per heavy atom. The molecule has 0 aliphatic carbocycles. The maximum absolute atomic E-state index is 12.0. The molecule has 2 fully saturated rings. The third kappa shape index (κ3) is 8.29. The highest BCUT2D eigenvalue weighted by atomic mass is 32.2. The van der Waals surface area contributed by atoms with Crippen LogP contribution in [0.5, 0.6) is 0 Å². The van der Waals surface area contributed by atoms with Crippen LogP contribution in [0.4, 0.5) is 13.2 Å². The quantitative estimate of drug-likeness (QED) is 0.442. The van der Waals surface area contributed by atoms with Gasteiger partial charge in [-0.2, -0.15) is 21.6 Å². The van der Waals surface area contributed by atoms with Crippen molar-refractivity contribution in [2.24, 2.45) is 5.92 Å². The topological polar surface area (TPSA) is 127 Å². The Morgan fingerprint density at radius 1 is 1.03 bits per heavy atom. The minimum Gasteiger partial charge on any atom is -0.466 e. The minimum absolute atomic E-state index is 0.0520. The Bertz CT molecular complexity index is 993. The van der Waals surface area contributed by atoms with Crippen molar-refractivity contribution < 1.29 is 50.0 Å². The highest BCUT2D eigenvalue weighted by Gasteiger charge is 2.44. The summed E-state index contributed by atoms with van der Waals surface area (Å²) in [5.41, 5.74) is -0.968. The van der Waals surface area contributed by atoms with Gasteiger partial charge in [0.2, 0.25) is 0 Å². The summed E-state index contributed by atoms with van der Waals surface area (Å²) >= 11 is 0. The van der Waals surface area contributed by atoms with E-state index in [-0.39, 0.29) is 42.3 Å². The number of rotatable bonds is 6. The van der Waals surface area contributed by atoms with E-state index in [4.69, 9.17) is 14.0 Å². The van der Waals surface area contributed by atoms with Gasteiger partial charge in [-0.15, -0.1) is 0 Å². The van der Waals surface area contributed by atoms with E-state index < -0.39 is 26.8 Å². The molecule has 0 saturated carbocycles. The summed E-state index contributed by atoms with van der Waals surface area (Å²) in [6, 6.07) is 2.45. The number of hydrogen-bond acceptors (Lipinski definition) is 8. The molecule has 1 aromatic carbocycles.